The van der Waals surface area contributed by atoms with E-state index in [2.05, 4.69) is 11.8 Å². The lowest BCUT2D eigenvalue weighted by Gasteiger charge is -1.98. The number of hydrogen-bond donors (Lipinski definition) is 1. The monoisotopic (exact) mass is 170 g/mol. The Labute approximate surface area is 72.7 Å². The number of hydrogen-bond acceptors (Lipinski definition) is 3. The molecule has 12 heavy (non-hydrogen) atoms. The highest BCUT2D eigenvalue weighted by molar-refractivity contribution is 5.69. The third kappa shape index (κ3) is 7.10. The zero-order valence-electron chi connectivity index (χ0n) is 7.30. The number of aliphatic hydroxyl groups excluding tert-OH is 1. The van der Waals surface area contributed by atoms with Crippen molar-refractivity contribution in [2.24, 2.45) is 0 Å². The van der Waals surface area contributed by atoms with Gasteiger partial charge in [-0.05, 0) is 13.3 Å². The molecule has 3 heteroatoms. The van der Waals surface area contributed by atoms with E-state index in [9.17, 15) is 4.79 Å². The van der Waals surface area contributed by atoms with Crippen molar-refractivity contribution in [2.75, 3.05) is 13.2 Å². The maximum Gasteiger partial charge on any atom is 0.305 e. The van der Waals surface area contributed by atoms with Crippen LogP contribution in [0.1, 0.15) is 26.2 Å². The third-order valence-electron chi connectivity index (χ3n) is 1.19. The molecule has 68 valence electrons. The molecule has 0 aromatic rings. The van der Waals surface area contributed by atoms with Crippen molar-refractivity contribution in [1.82, 2.24) is 0 Å². The Morgan fingerprint density at radius 1 is 1.50 bits per heavy atom. The van der Waals surface area contributed by atoms with Crippen LogP contribution in [0.5, 0.6) is 0 Å². The average molecular weight is 170 g/mol. The Morgan fingerprint density at radius 3 is 2.83 bits per heavy atom. The summed E-state index contributed by atoms with van der Waals surface area (Å²) in [6, 6.07) is 0. The topological polar surface area (TPSA) is 46.5 Å². The third-order valence-corrected chi connectivity index (χ3v) is 1.19. The van der Waals surface area contributed by atoms with Crippen molar-refractivity contribution < 1.29 is 14.6 Å². The largest absolute Gasteiger partial charge is 0.466 e. The van der Waals surface area contributed by atoms with Gasteiger partial charge in [-0.1, -0.05) is 5.92 Å². The predicted molar refractivity (Wildman–Crippen MR) is 45.3 cm³/mol. The first-order valence-electron chi connectivity index (χ1n) is 4.03. The summed E-state index contributed by atoms with van der Waals surface area (Å²) in [7, 11) is 0. The van der Waals surface area contributed by atoms with E-state index in [-0.39, 0.29) is 12.6 Å². The summed E-state index contributed by atoms with van der Waals surface area (Å²) in [6.45, 7) is 2.10. The van der Waals surface area contributed by atoms with E-state index in [1.807, 2.05) is 0 Å². The fraction of sp³-hybridized carbons (Fsp3) is 0.667. The lowest BCUT2D eigenvalue weighted by Crippen LogP contribution is -2.02. The van der Waals surface area contributed by atoms with Gasteiger partial charge in [-0.2, -0.15) is 0 Å². The number of rotatable bonds is 4. The molecule has 0 bridgehead atoms. The van der Waals surface area contributed by atoms with Gasteiger partial charge in [0, 0.05) is 12.8 Å². The maximum atomic E-state index is 10.8. The maximum absolute atomic E-state index is 10.8. The molecule has 0 heterocycles. The minimum atomic E-state index is -0.178. The van der Waals surface area contributed by atoms with Gasteiger partial charge in [0.1, 0.15) is 6.61 Å². The van der Waals surface area contributed by atoms with Crippen molar-refractivity contribution in [3.8, 4) is 11.8 Å². The van der Waals surface area contributed by atoms with Crippen LogP contribution in [0.3, 0.4) is 0 Å². The van der Waals surface area contributed by atoms with Gasteiger partial charge in [0.15, 0.2) is 0 Å². The van der Waals surface area contributed by atoms with E-state index in [0.29, 0.717) is 25.9 Å². The van der Waals surface area contributed by atoms with E-state index in [1.54, 1.807) is 6.92 Å². The molecule has 0 radical (unpaired) electrons. The van der Waals surface area contributed by atoms with Gasteiger partial charge in [-0.15, -0.1) is 5.92 Å². The van der Waals surface area contributed by atoms with Gasteiger partial charge in [0.05, 0.1) is 6.61 Å². The van der Waals surface area contributed by atoms with Crippen LogP contribution < -0.4 is 0 Å². The Bertz CT molecular complexity index is 176. The van der Waals surface area contributed by atoms with E-state index < -0.39 is 0 Å². The van der Waals surface area contributed by atoms with Gasteiger partial charge in [0.25, 0.3) is 0 Å². The highest BCUT2D eigenvalue weighted by atomic mass is 16.5. The predicted octanol–water partition coefficient (Wildman–Crippen LogP) is 0.716. The molecule has 3 nitrogen and oxygen atoms in total. The van der Waals surface area contributed by atoms with E-state index in [4.69, 9.17) is 9.84 Å². The lowest BCUT2D eigenvalue weighted by atomic mass is 10.2. The number of aliphatic hydroxyl groups is 1. The Balaban J connectivity index is 3.25. The van der Waals surface area contributed by atoms with Crippen LogP contribution >= 0.6 is 0 Å². The summed E-state index contributed by atoms with van der Waals surface area (Å²) >= 11 is 0. The molecule has 0 aliphatic heterocycles. The molecular formula is C9H14O3. The number of carbonyl (C=O) groups is 1. The molecule has 0 saturated carbocycles. The molecule has 0 aromatic heterocycles. The molecule has 0 atom stereocenters. The molecule has 0 aliphatic carbocycles. The van der Waals surface area contributed by atoms with E-state index in [0.717, 1.165) is 0 Å². The van der Waals surface area contributed by atoms with E-state index >= 15 is 0 Å². The van der Waals surface area contributed by atoms with Crippen LogP contribution in [0, 0.1) is 11.8 Å². The summed E-state index contributed by atoms with van der Waals surface area (Å²) in [5.41, 5.74) is 0. The smallest absolute Gasteiger partial charge is 0.305 e. The highest BCUT2D eigenvalue weighted by Crippen LogP contribution is 1.95. The minimum Gasteiger partial charge on any atom is -0.466 e. The first kappa shape index (κ1) is 11.0. The zero-order chi connectivity index (χ0) is 9.23. The zero-order valence-corrected chi connectivity index (χ0v) is 7.30. The van der Waals surface area contributed by atoms with Gasteiger partial charge in [0.2, 0.25) is 0 Å². The van der Waals surface area contributed by atoms with Crippen molar-refractivity contribution in [2.45, 2.75) is 26.2 Å². The van der Waals surface area contributed by atoms with Crippen LogP contribution in [0.4, 0.5) is 0 Å². The van der Waals surface area contributed by atoms with Crippen LogP contribution in [0.15, 0.2) is 0 Å². The Hall–Kier alpha value is -1.01. The Morgan fingerprint density at radius 2 is 2.25 bits per heavy atom. The molecule has 0 aliphatic rings. The Kier molecular flexibility index (Phi) is 7.41. The number of carbonyl (C=O) groups excluding carboxylic acids is 1. The lowest BCUT2D eigenvalue weighted by molar-refractivity contribution is -0.143. The minimum absolute atomic E-state index is 0.112. The normalized spacial score (nSPS) is 8.50. The van der Waals surface area contributed by atoms with E-state index in [1.165, 1.54) is 0 Å². The van der Waals surface area contributed by atoms with Gasteiger partial charge < -0.3 is 9.84 Å². The van der Waals surface area contributed by atoms with Crippen molar-refractivity contribution in [1.29, 1.82) is 0 Å². The second-order valence-corrected chi connectivity index (χ2v) is 2.17. The molecule has 0 spiro atoms. The molecule has 0 unspecified atom stereocenters. The molecule has 1 N–H and O–H groups in total. The molecule has 0 amide bonds. The summed E-state index contributed by atoms with van der Waals surface area (Å²) in [4.78, 5) is 10.8. The summed E-state index contributed by atoms with van der Waals surface area (Å²) in [5, 5.41) is 8.29. The van der Waals surface area contributed by atoms with Crippen molar-refractivity contribution >= 4 is 5.97 Å². The standard InChI is InChI=1S/C9H14O3/c1-2-12-9(11)7-5-3-4-6-8-10/h10H,2-3,5,7-8H2,1H3. The fourth-order valence-electron chi connectivity index (χ4n) is 0.699. The van der Waals surface area contributed by atoms with Crippen molar-refractivity contribution in [3.63, 3.8) is 0 Å². The fourth-order valence-corrected chi connectivity index (χ4v) is 0.699. The van der Waals surface area contributed by atoms with Crippen molar-refractivity contribution in [3.05, 3.63) is 0 Å². The molecule has 0 saturated heterocycles. The first-order chi connectivity index (χ1) is 5.81. The number of esters is 1. The second kappa shape index (κ2) is 8.09. The second-order valence-electron chi connectivity index (χ2n) is 2.17. The number of unbranched alkanes of at least 4 members (excludes halogenated alkanes) is 1. The van der Waals surface area contributed by atoms with Crippen LogP contribution in [0.2, 0.25) is 0 Å². The van der Waals surface area contributed by atoms with Crippen LogP contribution in [0.25, 0.3) is 0 Å². The van der Waals surface area contributed by atoms with Gasteiger partial charge in [-0.25, -0.2) is 0 Å². The quantitative estimate of drug-likeness (QED) is 0.384. The average Bonchev–Trinajstić information content (AvgIpc) is 2.05. The summed E-state index contributed by atoms with van der Waals surface area (Å²) < 4.78 is 4.71. The van der Waals surface area contributed by atoms with Crippen LogP contribution in [-0.4, -0.2) is 24.3 Å². The highest BCUT2D eigenvalue weighted by Gasteiger charge is 1.98. The van der Waals surface area contributed by atoms with Gasteiger partial charge in [-0.3, -0.25) is 4.79 Å². The van der Waals surface area contributed by atoms with Crippen LogP contribution in [-0.2, 0) is 9.53 Å². The first-order valence-corrected chi connectivity index (χ1v) is 4.03. The molecular weight excluding hydrogens is 156 g/mol. The molecule has 0 rings (SSSR count). The molecule has 0 fully saturated rings. The number of ether oxygens (including phenoxy) is 1. The summed E-state index contributed by atoms with van der Waals surface area (Å²) in [6.07, 6.45) is 1.75. The summed E-state index contributed by atoms with van der Waals surface area (Å²) in [5.74, 6) is 5.05. The van der Waals surface area contributed by atoms with Gasteiger partial charge >= 0.3 is 5.97 Å². The SMILES string of the molecule is CCOC(=O)CCCC#CCO. The molecule has 0 aromatic carbocycles.